The second kappa shape index (κ2) is 29.7. The number of hydrogen-bond acceptors (Lipinski definition) is 14. The van der Waals surface area contributed by atoms with Crippen LogP contribution in [0.3, 0.4) is 0 Å². The zero-order valence-corrected chi connectivity index (χ0v) is 29.5. The topological polar surface area (TPSA) is 156 Å². The zero-order chi connectivity index (χ0) is 34.4. The molecule has 0 aliphatic carbocycles. The maximum atomic E-state index is 11.7. The van der Waals surface area contributed by atoms with Gasteiger partial charge in [0.05, 0.1) is 112 Å². The predicted molar refractivity (Wildman–Crippen MR) is 173 cm³/mol. The summed E-state index contributed by atoms with van der Waals surface area (Å²) in [5, 5.41) is 0. The fourth-order valence-corrected chi connectivity index (χ4v) is 3.45. The molecule has 0 bridgehead atoms. The first-order chi connectivity index (χ1) is 21.9. The number of esters is 2. The molecule has 0 aliphatic rings. The SMILES string of the molecule is CC(C)(C)OC(=O)CCOCCOCCOCCN(CCOCCOCCOCCC(=O)OC(C)(C)C)COCCCOCCN. The van der Waals surface area contributed by atoms with Crippen molar-refractivity contribution in [1.82, 2.24) is 4.90 Å². The van der Waals surface area contributed by atoms with Gasteiger partial charge in [0.25, 0.3) is 0 Å². The van der Waals surface area contributed by atoms with Crippen molar-refractivity contribution in [1.29, 1.82) is 0 Å². The number of carbonyl (C=O) groups is 2. The van der Waals surface area contributed by atoms with Crippen LogP contribution in [-0.4, -0.2) is 154 Å². The second-order valence-corrected chi connectivity index (χ2v) is 12.3. The Morgan fingerprint density at radius 2 is 0.826 bits per heavy atom. The average molecular weight is 669 g/mol. The molecule has 0 rings (SSSR count). The summed E-state index contributed by atoms with van der Waals surface area (Å²) in [6.45, 7) is 20.2. The molecule has 2 N–H and O–H groups in total. The van der Waals surface area contributed by atoms with Crippen LogP contribution in [0.4, 0.5) is 0 Å². The van der Waals surface area contributed by atoms with Crippen molar-refractivity contribution in [2.24, 2.45) is 5.73 Å². The standard InChI is InChI=1S/C32H64N2O12/c1-31(2,3)45-29(35)8-15-38-20-24-42-26-22-40-18-11-34(28-44-14-7-13-37-17-10-33)12-19-41-23-27-43-25-21-39-16-9-30(36)46-32(4,5)6/h7-28,33H2,1-6H3. The minimum absolute atomic E-state index is 0.219. The minimum Gasteiger partial charge on any atom is -0.460 e. The molecule has 0 aromatic carbocycles. The van der Waals surface area contributed by atoms with E-state index in [-0.39, 0.29) is 24.8 Å². The molecule has 14 nitrogen and oxygen atoms in total. The Morgan fingerprint density at radius 1 is 0.478 bits per heavy atom. The highest BCUT2D eigenvalue weighted by Gasteiger charge is 2.16. The quantitative estimate of drug-likeness (QED) is 0.0632. The molecular weight excluding hydrogens is 604 g/mol. The molecule has 0 amide bonds. The van der Waals surface area contributed by atoms with Gasteiger partial charge in [-0.05, 0) is 48.0 Å². The first-order valence-electron chi connectivity index (χ1n) is 16.4. The zero-order valence-electron chi connectivity index (χ0n) is 29.5. The number of ether oxygens (including phenoxy) is 10. The third kappa shape index (κ3) is 35.4. The molecule has 0 radical (unpaired) electrons. The summed E-state index contributed by atoms with van der Waals surface area (Å²) >= 11 is 0. The Balaban J connectivity index is 3.94. The molecule has 0 spiro atoms. The van der Waals surface area contributed by atoms with E-state index in [1.54, 1.807) is 0 Å². The number of carbonyl (C=O) groups excluding carboxylic acids is 2. The highest BCUT2D eigenvalue weighted by Crippen LogP contribution is 2.09. The van der Waals surface area contributed by atoms with Crippen molar-refractivity contribution in [3.63, 3.8) is 0 Å². The number of hydrogen-bond donors (Lipinski definition) is 1. The fraction of sp³-hybridized carbons (Fsp3) is 0.938. The molecule has 14 heteroatoms. The third-order valence-electron chi connectivity index (χ3n) is 5.45. The van der Waals surface area contributed by atoms with E-state index in [1.165, 1.54) is 0 Å². The lowest BCUT2D eigenvalue weighted by atomic mass is 10.2. The third-order valence-corrected chi connectivity index (χ3v) is 5.45. The molecule has 274 valence electrons. The Bertz CT molecular complexity index is 666. The smallest absolute Gasteiger partial charge is 0.308 e. The van der Waals surface area contributed by atoms with Crippen molar-refractivity contribution in [2.45, 2.75) is 72.0 Å². The average Bonchev–Trinajstić information content (AvgIpc) is 2.95. The van der Waals surface area contributed by atoms with Crippen LogP contribution in [0, 0.1) is 0 Å². The minimum atomic E-state index is -0.488. The monoisotopic (exact) mass is 668 g/mol. The lowest BCUT2D eigenvalue weighted by Crippen LogP contribution is -2.34. The van der Waals surface area contributed by atoms with Crippen LogP contribution >= 0.6 is 0 Å². The van der Waals surface area contributed by atoms with Crippen LogP contribution in [0.2, 0.25) is 0 Å². The molecular formula is C32H64N2O12. The van der Waals surface area contributed by atoms with E-state index >= 15 is 0 Å². The fourth-order valence-electron chi connectivity index (χ4n) is 3.45. The summed E-state index contributed by atoms with van der Waals surface area (Å²) in [6.07, 6.45) is 1.23. The molecule has 0 aromatic rings. The van der Waals surface area contributed by atoms with Gasteiger partial charge in [0.1, 0.15) is 11.2 Å². The molecule has 0 saturated carbocycles. The summed E-state index contributed by atoms with van der Waals surface area (Å²) in [6, 6.07) is 0. The maximum absolute atomic E-state index is 11.7. The van der Waals surface area contributed by atoms with Gasteiger partial charge in [-0.2, -0.15) is 0 Å². The van der Waals surface area contributed by atoms with Gasteiger partial charge in [-0.3, -0.25) is 14.5 Å². The maximum Gasteiger partial charge on any atom is 0.308 e. The first kappa shape index (κ1) is 44.5. The van der Waals surface area contributed by atoms with Crippen molar-refractivity contribution < 1.29 is 57.0 Å². The van der Waals surface area contributed by atoms with E-state index in [4.69, 9.17) is 53.1 Å². The lowest BCUT2D eigenvalue weighted by Gasteiger charge is -2.22. The van der Waals surface area contributed by atoms with E-state index in [0.717, 1.165) is 6.42 Å². The van der Waals surface area contributed by atoms with Crippen LogP contribution in [0.5, 0.6) is 0 Å². The number of nitrogens with two attached hydrogens (primary N) is 1. The van der Waals surface area contributed by atoms with Crippen molar-refractivity contribution >= 4 is 11.9 Å². The van der Waals surface area contributed by atoms with Gasteiger partial charge in [0.2, 0.25) is 0 Å². The van der Waals surface area contributed by atoms with E-state index in [2.05, 4.69) is 4.90 Å². The van der Waals surface area contributed by atoms with E-state index in [9.17, 15) is 9.59 Å². The largest absolute Gasteiger partial charge is 0.460 e. The van der Waals surface area contributed by atoms with Crippen molar-refractivity contribution in [2.75, 3.05) is 125 Å². The van der Waals surface area contributed by atoms with Crippen molar-refractivity contribution in [3.8, 4) is 0 Å². The second-order valence-electron chi connectivity index (χ2n) is 12.3. The van der Waals surface area contributed by atoms with Gasteiger partial charge < -0.3 is 53.1 Å². The van der Waals surface area contributed by atoms with Crippen LogP contribution in [0.1, 0.15) is 60.8 Å². The van der Waals surface area contributed by atoms with Crippen LogP contribution in [0.25, 0.3) is 0 Å². The Morgan fingerprint density at radius 3 is 1.22 bits per heavy atom. The molecule has 46 heavy (non-hydrogen) atoms. The summed E-state index contributed by atoms with van der Waals surface area (Å²) in [4.78, 5) is 25.4. The van der Waals surface area contributed by atoms with Gasteiger partial charge in [0.15, 0.2) is 0 Å². The van der Waals surface area contributed by atoms with Crippen LogP contribution < -0.4 is 5.73 Å². The molecule has 0 aromatic heterocycles. The van der Waals surface area contributed by atoms with Gasteiger partial charge in [0, 0.05) is 26.2 Å². The lowest BCUT2D eigenvalue weighted by molar-refractivity contribution is -0.157. The van der Waals surface area contributed by atoms with Gasteiger partial charge >= 0.3 is 11.9 Å². The number of rotatable bonds is 32. The van der Waals surface area contributed by atoms with E-state index in [0.29, 0.717) is 125 Å². The molecule has 0 atom stereocenters. The summed E-state index contributed by atoms with van der Waals surface area (Å²) < 4.78 is 55.0. The Kier molecular flexibility index (Phi) is 28.7. The summed E-state index contributed by atoms with van der Waals surface area (Å²) in [5.74, 6) is -0.545. The van der Waals surface area contributed by atoms with Crippen LogP contribution in [-0.2, 0) is 57.0 Å². The Hall–Kier alpha value is -1.46. The number of nitrogens with zero attached hydrogens (tertiary/aromatic N) is 1. The molecule has 0 aliphatic heterocycles. The summed E-state index contributed by atoms with van der Waals surface area (Å²) in [5.41, 5.74) is 4.46. The van der Waals surface area contributed by atoms with Gasteiger partial charge in [-0.15, -0.1) is 0 Å². The summed E-state index contributed by atoms with van der Waals surface area (Å²) in [7, 11) is 0. The van der Waals surface area contributed by atoms with E-state index < -0.39 is 11.2 Å². The molecule has 0 fully saturated rings. The molecule has 0 saturated heterocycles. The van der Waals surface area contributed by atoms with Crippen molar-refractivity contribution in [3.05, 3.63) is 0 Å². The molecule has 0 heterocycles. The van der Waals surface area contributed by atoms with Crippen LogP contribution in [0.15, 0.2) is 0 Å². The normalized spacial score (nSPS) is 12.2. The van der Waals surface area contributed by atoms with E-state index in [1.807, 2.05) is 41.5 Å². The Labute approximate surface area is 277 Å². The highest BCUT2D eigenvalue weighted by atomic mass is 16.6. The molecule has 0 unspecified atom stereocenters. The van der Waals surface area contributed by atoms with Gasteiger partial charge in [-0.1, -0.05) is 0 Å². The van der Waals surface area contributed by atoms with Gasteiger partial charge in [-0.25, -0.2) is 0 Å². The first-order valence-corrected chi connectivity index (χ1v) is 16.4. The predicted octanol–water partition coefficient (Wildman–Crippen LogP) is 2.19. The highest BCUT2D eigenvalue weighted by molar-refractivity contribution is 5.70.